The lowest BCUT2D eigenvalue weighted by Gasteiger charge is -2.37. The molecule has 1 aromatic heterocycles. The minimum absolute atomic E-state index is 0.0370. The number of aromatic nitrogens is 2. The number of aryl methyl sites for hydroxylation is 1. The molecule has 1 aliphatic rings. The van der Waals surface area contributed by atoms with Gasteiger partial charge in [-0.3, -0.25) is 27.8 Å². The van der Waals surface area contributed by atoms with E-state index in [-0.39, 0.29) is 24.9 Å². The van der Waals surface area contributed by atoms with Crippen LogP contribution in [0.5, 0.6) is 0 Å². The molecular formula is C12H16N5O13P3-4. The molecule has 5 atom stereocenters. The molecule has 0 saturated carbocycles. The maximum Gasteiger partial charge on any atom is 0.330 e. The Kier molecular flexibility index (Phi) is 8.98. The zero-order chi connectivity index (χ0) is 25.0. The van der Waals surface area contributed by atoms with Gasteiger partial charge in [0, 0.05) is 23.2 Å². The Morgan fingerprint density at radius 1 is 1.24 bits per heavy atom. The van der Waals surface area contributed by atoms with Crippen molar-refractivity contribution in [2.45, 2.75) is 32.1 Å². The predicted molar refractivity (Wildman–Crippen MR) is 97.6 cm³/mol. The summed E-state index contributed by atoms with van der Waals surface area (Å²) in [5.41, 5.74) is 7.17. The number of phosphoric acid groups is 3. The molecule has 0 amide bonds. The summed E-state index contributed by atoms with van der Waals surface area (Å²) in [4.78, 5) is 72.1. The number of hydrogen-bond acceptors (Lipinski definition) is 14. The number of aromatic amines is 1. The number of azide groups is 1. The van der Waals surface area contributed by atoms with Gasteiger partial charge in [0.15, 0.2) is 0 Å². The summed E-state index contributed by atoms with van der Waals surface area (Å²) in [5.74, 6) is -0.571. The molecule has 0 spiro atoms. The highest BCUT2D eigenvalue weighted by molar-refractivity contribution is 7.64. The van der Waals surface area contributed by atoms with E-state index in [1.165, 1.54) is 13.1 Å². The fraction of sp³-hybridized carbons (Fsp3) is 0.667. The third-order valence-corrected chi connectivity index (χ3v) is 7.94. The predicted octanol–water partition coefficient (Wildman–Crippen LogP) is -1.74. The Hall–Kier alpha value is -1.64. The van der Waals surface area contributed by atoms with Crippen LogP contribution in [-0.2, 0) is 31.6 Å². The summed E-state index contributed by atoms with van der Waals surface area (Å²) in [5, 5.41) is 3.35. The van der Waals surface area contributed by atoms with Gasteiger partial charge in [0.25, 0.3) is 21.2 Å². The number of nitrogens with zero attached hydrogens (tertiary/aromatic N) is 4. The molecular weight excluding hydrogens is 515 g/mol. The van der Waals surface area contributed by atoms with Gasteiger partial charge in [-0.2, -0.15) is 0 Å². The van der Waals surface area contributed by atoms with Gasteiger partial charge in [0.05, 0.1) is 20.5 Å². The molecule has 1 N–H and O–H groups in total. The molecule has 33 heavy (non-hydrogen) atoms. The molecule has 1 saturated heterocycles. The van der Waals surface area contributed by atoms with Crippen molar-refractivity contribution in [3.05, 3.63) is 43.0 Å². The lowest BCUT2D eigenvalue weighted by Crippen LogP contribution is -2.33. The quantitative estimate of drug-likeness (QED) is 0.144. The second-order valence-electron chi connectivity index (χ2n) is 6.65. The van der Waals surface area contributed by atoms with Gasteiger partial charge in [-0.1, -0.05) is 5.11 Å². The van der Waals surface area contributed by atoms with Crippen LogP contribution in [0.4, 0.5) is 0 Å². The highest BCUT2D eigenvalue weighted by Crippen LogP contribution is 2.60. The van der Waals surface area contributed by atoms with Gasteiger partial charge in [0.2, 0.25) is 0 Å². The number of phosphoric ester groups is 1. The van der Waals surface area contributed by atoms with Crippen LogP contribution in [0.3, 0.4) is 0 Å². The molecule has 1 fully saturated rings. The Bertz CT molecular complexity index is 1170. The molecule has 186 valence electrons. The van der Waals surface area contributed by atoms with Crippen molar-refractivity contribution < 1.29 is 51.2 Å². The third kappa shape index (κ3) is 8.58. The van der Waals surface area contributed by atoms with Crippen molar-refractivity contribution in [1.29, 1.82) is 0 Å². The molecule has 2 rings (SSSR count). The van der Waals surface area contributed by atoms with Crippen molar-refractivity contribution >= 4 is 23.5 Å². The van der Waals surface area contributed by atoms with E-state index >= 15 is 0 Å². The SMILES string of the molecule is Cc1cn([C@H]2C[C@H](CCN=[N+]=[N-])[C@@H](COP(=O)([O-])OP(=O)([O-])OP(=O)([O-])[O-])O2)c(=O)[nH]c1=O. The van der Waals surface area contributed by atoms with Crippen molar-refractivity contribution in [1.82, 2.24) is 9.55 Å². The molecule has 0 aliphatic carbocycles. The first-order chi connectivity index (χ1) is 15.1. The smallest absolute Gasteiger partial charge is 0.330 e. The van der Waals surface area contributed by atoms with Gasteiger partial charge in [-0.25, -0.2) is 9.11 Å². The minimum atomic E-state index is -6.13. The van der Waals surface area contributed by atoms with E-state index in [9.17, 15) is 42.9 Å². The van der Waals surface area contributed by atoms with Crippen molar-refractivity contribution in [3.8, 4) is 0 Å². The Balaban J connectivity index is 2.16. The van der Waals surface area contributed by atoms with Crippen molar-refractivity contribution in [3.63, 3.8) is 0 Å². The molecule has 0 radical (unpaired) electrons. The fourth-order valence-electron chi connectivity index (χ4n) is 2.95. The lowest BCUT2D eigenvalue weighted by molar-refractivity contribution is -0.339. The third-order valence-electron chi connectivity index (χ3n) is 4.28. The molecule has 21 heteroatoms. The largest absolute Gasteiger partial charge is 0.790 e. The normalized spacial score (nSPS) is 24.6. The first-order valence-electron chi connectivity index (χ1n) is 8.82. The van der Waals surface area contributed by atoms with E-state index in [4.69, 9.17) is 10.3 Å². The van der Waals surface area contributed by atoms with Gasteiger partial charge in [0.1, 0.15) is 6.23 Å². The summed E-state index contributed by atoms with van der Waals surface area (Å²) < 4.78 is 51.0. The van der Waals surface area contributed by atoms with E-state index in [2.05, 4.69) is 28.2 Å². The van der Waals surface area contributed by atoms with E-state index in [1.54, 1.807) is 0 Å². The van der Waals surface area contributed by atoms with E-state index in [1.807, 2.05) is 0 Å². The molecule has 2 unspecified atom stereocenters. The molecule has 1 aliphatic heterocycles. The van der Waals surface area contributed by atoms with Gasteiger partial charge in [-0.05, 0) is 31.2 Å². The van der Waals surface area contributed by atoms with Crippen LogP contribution < -0.4 is 30.8 Å². The second kappa shape index (κ2) is 10.7. The highest BCUT2D eigenvalue weighted by Gasteiger charge is 2.37. The summed E-state index contributed by atoms with van der Waals surface area (Å²) in [6, 6.07) is 0. The minimum Gasteiger partial charge on any atom is -0.790 e. The number of H-pyrrole nitrogens is 1. The zero-order valence-electron chi connectivity index (χ0n) is 16.6. The van der Waals surface area contributed by atoms with Crippen LogP contribution in [0.2, 0.25) is 0 Å². The molecule has 0 bridgehead atoms. The van der Waals surface area contributed by atoms with Crippen LogP contribution >= 0.6 is 23.5 Å². The second-order valence-corrected chi connectivity index (χ2v) is 10.9. The van der Waals surface area contributed by atoms with E-state index in [0.717, 1.165) is 4.57 Å². The summed E-state index contributed by atoms with van der Waals surface area (Å²) in [6.45, 7) is 0.535. The van der Waals surface area contributed by atoms with Gasteiger partial charge >= 0.3 is 5.69 Å². The van der Waals surface area contributed by atoms with Crippen LogP contribution in [-0.4, -0.2) is 28.8 Å². The molecule has 2 heterocycles. The number of rotatable bonds is 11. The fourth-order valence-corrected chi connectivity index (χ4v) is 5.82. The topological polar surface area (TPSA) is 284 Å². The standard InChI is InChI=1S/C12H20N5O13P3/c1-7-5-17(12(19)15-11(7)18)10-4-8(2-3-14-16-13)9(28-10)6-27-32(23,24)30-33(25,26)29-31(20,21)22/h5,8-10H,2-4,6H2,1H3,(H,23,24)(H,25,26)(H,15,18,19)(H2,20,21,22)/p-4/t8-,9+,10+/m0/s1. The van der Waals surface area contributed by atoms with Gasteiger partial charge < -0.3 is 33.4 Å². The summed E-state index contributed by atoms with van der Waals surface area (Å²) >= 11 is 0. The number of ether oxygens (including phenoxy) is 1. The van der Waals surface area contributed by atoms with Crippen LogP contribution in [0.15, 0.2) is 20.9 Å². The highest BCUT2D eigenvalue weighted by atomic mass is 31.3. The monoisotopic (exact) mass is 531 g/mol. The maximum absolute atomic E-state index is 12.1. The summed E-state index contributed by atoms with van der Waals surface area (Å²) in [7, 11) is -18.0. The molecule has 18 nitrogen and oxygen atoms in total. The zero-order valence-corrected chi connectivity index (χ0v) is 19.3. The first-order valence-corrected chi connectivity index (χ1v) is 13.2. The lowest BCUT2D eigenvalue weighted by atomic mass is 9.97. The maximum atomic E-state index is 12.1. The Morgan fingerprint density at radius 2 is 1.91 bits per heavy atom. The molecule has 1 aromatic rings. The Morgan fingerprint density at radius 3 is 2.52 bits per heavy atom. The van der Waals surface area contributed by atoms with Gasteiger partial charge in [-0.15, -0.1) is 0 Å². The van der Waals surface area contributed by atoms with E-state index < -0.39 is 59.6 Å². The first kappa shape index (κ1) is 27.6. The summed E-state index contributed by atoms with van der Waals surface area (Å²) in [6.07, 6.45) is -0.648. The van der Waals surface area contributed by atoms with Crippen LogP contribution in [0.1, 0.15) is 24.6 Å². The van der Waals surface area contributed by atoms with Crippen molar-refractivity contribution in [2.24, 2.45) is 11.0 Å². The average molecular weight is 531 g/mol. The number of nitrogens with one attached hydrogen (secondary N) is 1. The Labute approximate surface area is 184 Å². The number of hydrogen-bond donors (Lipinski definition) is 1. The average Bonchev–Trinajstić information content (AvgIpc) is 3.03. The molecule has 0 aromatic carbocycles. The van der Waals surface area contributed by atoms with E-state index in [0.29, 0.717) is 0 Å². The van der Waals surface area contributed by atoms with Crippen molar-refractivity contribution in [2.75, 3.05) is 13.2 Å². The van der Waals surface area contributed by atoms with Crippen LogP contribution in [0, 0.1) is 12.8 Å². The van der Waals surface area contributed by atoms with Crippen LogP contribution in [0.25, 0.3) is 10.4 Å².